The molecule has 0 amide bonds. The van der Waals surface area contributed by atoms with E-state index >= 15 is 0 Å². The van der Waals surface area contributed by atoms with Gasteiger partial charge in [-0.15, -0.1) is 0 Å². The van der Waals surface area contributed by atoms with Crippen LogP contribution in [0.1, 0.15) is 10.4 Å². The zero-order valence-corrected chi connectivity index (χ0v) is 9.76. The summed E-state index contributed by atoms with van der Waals surface area (Å²) in [6.45, 7) is 3.67. The molecule has 5 heteroatoms. The van der Waals surface area contributed by atoms with Crippen molar-refractivity contribution >= 4 is 11.7 Å². The van der Waals surface area contributed by atoms with Crippen molar-refractivity contribution in [2.45, 2.75) is 0 Å². The van der Waals surface area contributed by atoms with Gasteiger partial charge in [-0.1, -0.05) is 0 Å². The molecule has 0 aliphatic carbocycles. The highest BCUT2D eigenvalue weighted by Gasteiger charge is 2.17. The van der Waals surface area contributed by atoms with Crippen molar-refractivity contribution in [3.8, 4) is 5.75 Å². The molecule has 0 aromatic heterocycles. The number of hydrogen-bond acceptors (Lipinski definition) is 4. The summed E-state index contributed by atoms with van der Waals surface area (Å²) in [6.07, 6.45) is 0. The average molecular weight is 236 g/mol. The van der Waals surface area contributed by atoms with E-state index in [1.165, 1.54) is 12.1 Å². The SMILES string of the molecule is CN1CCN(c2ccc(O)c(C(=O)O)c2)CC1. The lowest BCUT2D eigenvalue weighted by Gasteiger charge is -2.34. The van der Waals surface area contributed by atoms with Crippen LogP contribution in [0.15, 0.2) is 18.2 Å². The van der Waals surface area contributed by atoms with E-state index in [0.29, 0.717) is 0 Å². The highest BCUT2D eigenvalue weighted by atomic mass is 16.4. The monoisotopic (exact) mass is 236 g/mol. The zero-order valence-electron chi connectivity index (χ0n) is 9.76. The molecule has 1 saturated heterocycles. The third-order valence-corrected chi connectivity index (χ3v) is 3.08. The molecule has 0 spiro atoms. The van der Waals surface area contributed by atoms with E-state index in [0.717, 1.165) is 31.9 Å². The minimum Gasteiger partial charge on any atom is -0.507 e. The predicted octanol–water partition coefficient (Wildman–Crippen LogP) is 0.842. The lowest BCUT2D eigenvalue weighted by molar-refractivity contribution is 0.0694. The van der Waals surface area contributed by atoms with Gasteiger partial charge in [0.15, 0.2) is 0 Å². The van der Waals surface area contributed by atoms with Crippen LogP contribution in [0.4, 0.5) is 5.69 Å². The normalized spacial score (nSPS) is 17.1. The molecule has 1 aromatic carbocycles. The summed E-state index contributed by atoms with van der Waals surface area (Å²) in [7, 11) is 2.07. The molecular formula is C12H16N2O3. The van der Waals surface area contributed by atoms with Gasteiger partial charge in [0, 0.05) is 31.9 Å². The van der Waals surface area contributed by atoms with E-state index < -0.39 is 5.97 Å². The van der Waals surface area contributed by atoms with Gasteiger partial charge in [-0.3, -0.25) is 0 Å². The fraction of sp³-hybridized carbons (Fsp3) is 0.417. The Morgan fingerprint density at radius 1 is 1.24 bits per heavy atom. The topological polar surface area (TPSA) is 64.0 Å². The lowest BCUT2D eigenvalue weighted by Crippen LogP contribution is -2.44. The second-order valence-corrected chi connectivity index (χ2v) is 4.30. The fourth-order valence-electron chi connectivity index (χ4n) is 1.96. The quantitative estimate of drug-likeness (QED) is 0.796. The van der Waals surface area contributed by atoms with Crippen LogP contribution in [0.3, 0.4) is 0 Å². The van der Waals surface area contributed by atoms with Gasteiger partial charge in [0.2, 0.25) is 0 Å². The Morgan fingerprint density at radius 3 is 2.47 bits per heavy atom. The number of benzene rings is 1. The summed E-state index contributed by atoms with van der Waals surface area (Å²) in [4.78, 5) is 15.3. The molecule has 17 heavy (non-hydrogen) atoms. The number of hydrogen-bond donors (Lipinski definition) is 2. The third kappa shape index (κ3) is 2.50. The van der Waals surface area contributed by atoms with Gasteiger partial charge >= 0.3 is 5.97 Å². The van der Waals surface area contributed by atoms with Crippen LogP contribution in [0.5, 0.6) is 5.75 Å². The molecule has 92 valence electrons. The van der Waals surface area contributed by atoms with Gasteiger partial charge < -0.3 is 20.0 Å². The number of anilines is 1. The minimum absolute atomic E-state index is 0.0403. The Morgan fingerprint density at radius 2 is 1.88 bits per heavy atom. The smallest absolute Gasteiger partial charge is 0.339 e. The molecule has 1 fully saturated rings. The van der Waals surface area contributed by atoms with Crippen LogP contribution in [0.2, 0.25) is 0 Å². The zero-order chi connectivity index (χ0) is 12.4. The standard InChI is InChI=1S/C12H16N2O3/c1-13-4-6-14(7-5-13)9-2-3-11(15)10(8-9)12(16)17/h2-3,8,15H,4-7H2,1H3,(H,16,17). The molecule has 1 heterocycles. The van der Waals surface area contributed by atoms with Crippen molar-refractivity contribution in [2.75, 3.05) is 38.1 Å². The van der Waals surface area contributed by atoms with E-state index in [9.17, 15) is 9.90 Å². The summed E-state index contributed by atoms with van der Waals surface area (Å²) < 4.78 is 0. The van der Waals surface area contributed by atoms with Crippen LogP contribution in [-0.4, -0.2) is 54.3 Å². The van der Waals surface area contributed by atoms with Crippen molar-refractivity contribution in [3.63, 3.8) is 0 Å². The number of aromatic hydroxyl groups is 1. The van der Waals surface area contributed by atoms with Gasteiger partial charge in [0.25, 0.3) is 0 Å². The van der Waals surface area contributed by atoms with Crippen molar-refractivity contribution < 1.29 is 15.0 Å². The number of likely N-dealkylation sites (N-methyl/N-ethyl adjacent to an activating group) is 1. The van der Waals surface area contributed by atoms with Crippen molar-refractivity contribution in [1.29, 1.82) is 0 Å². The number of nitrogens with zero attached hydrogens (tertiary/aromatic N) is 2. The van der Waals surface area contributed by atoms with E-state index in [2.05, 4.69) is 16.8 Å². The van der Waals surface area contributed by atoms with Crippen LogP contribution >= 0.6 is 0 Å². The Hall–Kier alpha value is -1.75. The number of carboxylic acid groups (broad SMARTS) is 1. The minimum atomic E-state index is -1.10. The Labute approximate surface area is 99.9 Å². The number of carbonyl (C=O) groups is 1. The summed E-state index contributed by atoms with van der Waals surface area (Å²) in [6, 6.07) is 4.73. The Kier molecular flexibility index (Phi) is 3.19. The molecule has 1 aliphatic rings. The van der Waals surface area contributed by atoms with Gasteiger partial charge in [-0.05, 0) is 25.2 Å². The maximum absolute atomic E-state index is 10.9. The van der Waals surface area contributed by atoms with Crippen LogP contribution in [0, 0.1) is 0 Å². The van der Waals surface area contributed by atoms with Gasteiger partial charge in [-0.2, -0.15) is 0 Å². The third-order valence-electron chi connectivity index (χ3n) is 3.08. The predicted molar refractivity (Wildman–Crippen MR) is 64.8 cm³/mol. The average Bonchev–Trinajstić information content (AvgIpc) is 2.30. The first-order valence-electron chi connectivity index (χ1n) is 5.58. The molecule has 1 aliphatic heterocycles. The van der Waals surface area contributed by atoms with E-state index in [1.54, 1.807) is 6.07 Å². The first kappa shape index (κ1) is 11.7. The van der Waals surface area contributed by atoms with Crippen LogP contribution in [-0.2, 0) is 0 Å². The molecule has 2 N–H and O–H groups in total. The second-order valence-electron chi connectivity index (χ2n) is 4.30. The highest BCUT2D eigenvalue weighted by molar-refractivity contribution is 5.92. The molecule has 0 radical (unpaired) electrons. The van der Waals surface area contributed by atoms with Crippen LogP contribution in [0.25, 0.3) is 0 Å². The fourth-order valence-corrected chi connectivity index (χ4v) is 1.96. The number of phenols is 1. The largest absolute Gasteiger partial charge is 0.507 e. The number of piperazine rings is 1. The Balaban J connectivity index is 2.21. The first-order valence-corrected chi connectivity index (χ1v) is 5.58. The molecule has 2 rings (SSSR count). The van der Waals surface area contributed by atoms with Gasteiger partial charge in [0.05, 0.1) is 0 Å². The summed E-state index contributed by atoms with van der Waals surface area (Å²) in [5, 5.41) is 18.4. The molecule has 0 bridgehead atoms. The Bertz CT molecular complexity index is 426. The molecular weight excluding hydrogens is 220 g/mol. The van der Waals surface area contributed by atoms with E-state index in [4.69, 9.17) is 5.11 Å². The number of aromatic carboxylic acids is 1. The number of carboxylic acids is 1. The second kappa shape index (κ2) is 4.63. The molecule has 1 aromatic rings. The number of rotatable bonds is 2. The lowest BCUT2D eigenvalue weighted by atomic mass is 10.1. The molecule has 0 unspecified atom stereocenters. The highest BCUT2D eigenvalue weighted by Crippen LogP contribution is 2.24. The molecule has 5 nitrogen and oxygen atoms in total. The van der Waals surface area contributed by atoms with Crippen molar-refractivity contribution in [1.82, 2.24) is 4.90 Å². The summed E-state index contributed by atoms with van der Waals surface area (Å²) in [5.41, 5.74) is 0.815. The van der Waals surface area contributed by atoms with E-state index in [-0.39, 0.29) is 11.3 Å². The molecule has 0 atom stereocenters. The first-order chi connectivity index (χ1) is 8.08. The maximum Gasteiger partial charge on any atom is 0.339 e. The van der Waals surface area contributed by atoms with Crippen molar-refractivity contribution in [2.24, 2.45) is 0 Å². The van der Waals surface area contributed by atoms with Gasteiger partial charge in [-0.25, -0.2) is 4.79 Å². The summed E-state index contributed by atoms with van der Waals surface area (Å²) >= 11 is 0. The van der Waals surface area contributed by atoms with Gasteiger partial charge in [0.1, 0.15) is 11.3 Å². The maximum atomic E-state index is 10.9. The summed E-state index contributed by atoms with van der Waals surface area (Å²) in [5.74, 6) is -1.28. The van der Waals surface area contributed by atoms with Crippen LogP contribution < -0.4 is 4.90 Å². The van der Waals surface area contributed by atoms with E-state index in [1.807, 2.05) is 0 Å². The van der Waals surface area contributed by atoms with Crippen molar-refractivity contribution in [3.05, 3.63) is 23.8 Å². The molecule has 0 saturated carbocycles.